The minimum Gasteiger partial charge on any atom is -0.370 e. The highest BCUT2D eigenvalue weighted by Gasteiger charge is 2.46. The van der Waals surface area contributed by atoms with Gasteiger partial charge in [0.15, 0.2) is 0 Å². The number of rotatable bonds is 0. The molecule has 2 N–H and O–H groups in total. The summed E-state index contributed by atoms with van der Waals surface area (Å²) in [6.45, 7) is 2.03. The van der Waals surface area contributed by atoms with Gasteiger partial charge in [0.2, 0.25) is 5.91 Å². The van der Waals surface area contributed by atoms with Gasteiger partial charge < -0.3 is 10.6 Å². The van der Waals surface area contributed by atoms with Crippen LogP contribution in [0.4, 0.5) is 11.4 Å². The molecule has 3 nitrogen and oxygen atoms in total. The van der Waals surface area contributed by atoms with Crippen LogP contribution in [0, 0.1) is 6.92 Å². The molecule has 1 aliphatic carbocycles. The highest BCUT2D eigenvalue weighted by Crippen LogP contribution is 2.41. The van der Waals surface area contributed by atoms with E-state index in [-0.39, 0.29) is 11.4 Å². The van der Waals surface area contributed by atoms with Crippen molar-refractivity contribution in [2.75, 3.05) is 10.6 Å². The Balaban J connectivity index is 2.02. The zero-order chi connectivity index (χ0) is 10.5. The molecule has 0 unspecified atom stereocenters. The first kappa shape index (κ1) is 8.77. The predicted octanol–water partition coefficient (Wildman–Crippen LogP) is 2.28. The summed E-state index contributed by atoms with van der Waals surface area (Å²) in [6, 6.07) is 6.12. The third-order valence-corrected chi connectivity index (χ3v) is 3.44. The van der Waals surface area contributed by atoms with Gasteiger partial charge in [0.05, 0.1) is 11.4 Å². The Morgan fingerprint density at radius 1 is 1.27 bits per heavy atom. The number of anilines is 2. The van der Waals surface area contributed by atoms with Crippen molar-refractivity contribution in [3.8, 4) is 0 Å². The maximum Gasteiger partial charge on any atom is 0.250 e. The molecular weight excluding hydrogens is 188 g/mol. The fourth-order valence-electron chi connectivity index (χ4n) is 2.31. The van der Waals surface area contributed by atoms with Crippen LogP contribution in [0.25, 0.3) is 0 Å². The van der Waals surface area contributed by atoms with Gasteiger partial charge in [0.1, 0.15) is 5.54 Å². The van der Waals surface area contributed by atoms with Crippen LogP contribution in [0.15, 0.2) is 18.2 Å². The summed E-state index contributed by atoms with van der Waals surface area (Å²) in [4.78, 5) is 11.9. The average molecular weight is 202 g/mol. The van der Waals surface area contributed by atoms with Crippen LogP contribution in [-0.2, 0) is 4.79 Å². The first-order valence-electron chi connectivity index (χ1n) is 5.40. The van der Waals surface area contributed by atoms with Gasteiger partial charge in [-0.25, -0.2) is 0 Å². The van der Waals surface area contributed by atoms with Crippen molar-refractivity contribution >= 4 is 17.3 Å². The molecule has 0 saturated heterocycles. The quantitative estimate of drug-likeness (QED) is 0.677. The molecule has 1 aromatic carbocycles. The lowest BCUT2D eigenvalue weighted by Gasteiger charge is -2.45. The Labute approximate surface area is 88.9 Å². The Hall–Kier alpha value is -1.51. The van der Waals surface area contributed by atoms with Gasteiger partial charge in [-0.15, -0.1) is 0 Å². The lowest BCUT2D eigenvalue weighted by atomic mass is 9.74. The summed E-state index contributed by atoms with van der Waals surface area (Å²) in [7, 11) is 0. The molecule has 0 radical (unpaired) electrons. The Morgan fingerprint density at radius 3 is 2.73 bits per heavy atom. The van der Waals surface area contributed by atoms with Gasteiger partial charge in [-0.05, 0) is 43.9 Å². The van der Waals surface area contributed by atoms with Crippen LogP contribution in [0.5, 0.6) is 0 Å². The van der Waals surface area contributed by atoms with E-state index in [2.05, 4.69) is 16.7 Å². The second-order valence-corrected chi connectivity index (χ2v) is 4.56. The number of aryl methyl sites for hydroxylation is 1. The maximum atomic E-state index is 11.9. The van der Waals surface area contributed by atoms with E-state index in [1.165, 1.54) is 5.56 Å². The molecule has 1 aliphatic heterocycles. The van der Waals surface area contributed by atoms with E-state index in [4.69, 9.17) is 0 Å². The molecule has 0 atom stereocenters. The molecular formula is C12H14N2O. The van der Waals surface area contributed by atoms with E-state index in [1.807, 2.05) is 19.1 Å². The van der Waals surface area contributed by atoms with Crippen molar-refractivity contribution in [1.82, 2.24) is 0 Å². The molecule has 1 spiro atoms. The number of hydrogen-bond donors (Lipinski definition) is 2. The molecule has 2 aliphatic rings. The molecule has 0 bridgehead atoms. The van der Waals surface area contributed by atoms with Gasteiger partial charge in [-0.1, -0.05) is 6.07 Å². The zero-order valence-corrected chi connectivity index (χ0v) is 8.76. The SMILES string of the molecule is Cc1ccc2c(c1)NC(=O)C1(CCC1)N2. The van der Waals surface area contributed by atoms with E-state index < -0.39 is 0 Å². The number of nitrogens with one attached hydrogen (secondary N) is 2. The predicted molar refractivity (Wildman–Crippen MR) is 60.0 cm³/mol. The lowest BCUT2D eigenvalue weighted by Crippen LogP contribution is -2.57. The van der Waals surface area contributed by atoms with Crippen molar-refractivity contribution < 1.29 is 4.79 Å². The van der Waals surface area contributed by atoms with Gasteiger partial charge in [0.25, 0.3) is 0 Å². The molecule has 15 heavy (non-hydrogen) atoms. The fraction of sp³-hybridized carbons (Fsp3) is 0.417. The molecule has 1 aromatic rings. The van der Waals surface area contributed by atoms with Gasteiger partial charge in [-0.3, -0.25) is 4.79 Å². The van der Waals surface area contributed by atoms with Crippen molar-refractivity contribution in [2.45, 2.75) is 31.7 Å². The van der Waals surface area contributed by atoms with Crippen LogP contribution in [0.1, 0.15) is 24.8 Å². The van der Waals surface area contributed by atoms with Crippen LogP contribution in [0.3, 0.4) is 0 Å². The summed E-state index contributed by atoms with van der Waals surface area (Å²) >= 11 is 0. The number of amides is 1. The summed E-state index contributed by atoms with van der Waals surface area (Å²) in [6.07, 6.45) is 3.04. The molecule has 0 aromatic heterocycles. The van der Waals surface area contributed by atoms with Crippen LogP contribution in [0.2, 0.25) is 0 Å². The van der Waals surface area contributed by atoms with Gasteiger partial charge in [0, 0.05) is 0 Å². The number of fused-ring (bicyclic) bond motifs is 1. The third-order valence-electron chi connectivity index (χ3n) is 3.44. The number of carbonyl (C=O) groups is 1. The van der Waals surface area contributed by atoms with Gasteiger partial charge >= 0.3 is 0 Å². The Kier molecular flexibility index (Phi) is 1.61. The van der Waals surface area contributed by atoms with E-state index in [1.54, 1.807) is 0 Å². The number of carbonyl (C=O) groups excluding carboxylic acids is 1. The third kappa shape index (κ3) is 1.16. The van der Waals surface area contributed by atoms with Gasteiger partial charge in [-0.2, -0.15) is 0 Å². The average Bonchev–Trinajstić information content (AvgIpc) is 2.14. The minimum atomic E-state index is -0.303. The highest BCUT2D eigenvalue weighted by molar-refractivity contribution is 6.06. The minimum absolute atomic E-state index is 0.131. The number of hydrogen-bond acceptors (Lipinski definition) is 2. The van der Waals surface area contributed by atoms with Crippen LogP contribution in [-0.4, -0.2) is 11.4 Å². The second-order valence-electron chi connectivity index (χ2n) is 4.56. The summed E-state index contributed by atoms with van der Waals surface area (Å²) < 4.78 is 0. The first-order chi connectivity index (χ1) is 7.20. The highest BCUT2D eigenvalue weighted by atomic mass is 16.2. The zero-order valence-electron chi connectivity index (χ0n) is 8.76. The van der Waals surface area contributed by atoms with E-state index in [0.717, 1.165) is 30.6 Å². The van der Waals surface area contributed by atoms with Crippen molar-refractivity contribution in [1.29, 1.82) is 0 Å². The smallest absolute Gasteiger partial charge is 0.250 e. The lowest BCUT2D eigenvalue weighted by molar-refractivity contribution is -0.123. The van der Waals surface area contributed by atoms with Crippen molar-refractivity contribution in [2.24, 2.45) is 0 Å². The monoisotopic (exact) mass is 202 g/mol. The fourth-order valence-corrected chi connectivity index (χ4v) is 2.31. The maximum absolute atomic E-state index is 11.9. The van der Waals surface area contributed by atoms with E-state index >= 15 is 0 Å². The largest absolute Gasteiger partial charge is 0.370 e. The summed E-state index contributed by atoms with van der Waals surface area (Å²) in [5.74, 6) is 0.131. The summed E-state index contributed by atoms with van der Waals surface area (Å²) in [5, 5.41) is 6.37. The van der Waals surface area contributed by atoms with Crippen LogP contribution < -0.4 is 10.6 Å². The molecule has 3 heteroatoms. The van der Waals surface area contributed by atoms with Crippen molar-refractivity contribution in [3.05, 3.63) is 23.8 Å². The molecule has 1 saturated carbocycles. The number of benzene rings is 1. The van der Waals surface area contributed by atoms with E-state index in [0.29, 0.717) is 0 Å². The molecule has 1 amide bonds. The molecule has 78 valence electrons. The Morgan fingerprint density at radius 2 is 2.07 bits per heavy atom. The molecule has 1 fully saturated rings. The standard InChI is InChI=1S/C12H14N2O/c1-8-3-4-9-10(7-8)13-11(15)12(14-9)5-2-6-12/h3-4,7,14H,2,5-6H2,1H3,(H,13,15). The first-order valence-corrected chi connectivity index (χ1v) is 5.40. The van der Waals surface area contributed by atoms with E-state index in [9.17, 15) is 4.79 Å². The topological polar surface area (TPSA) is 41.1 Å². The van der Waals surface area contributed by atoms with Crippen LogP contribution >= 0.6 is 0 Å². The Bertz CT molecular complexity index is 435. The normalized spacial score (nSPS) is 21.3. The summed E-state index contributed by atoms with van der Waals surface area (Å²) in [5.41, 5.74) is 2.83. The van der Waals surface area contributed by atoms with Crippen molar-refractivity contribution in [3.63, 3.8) is 0 Å². The molecule has 1 heterocycles. The second kappa shape index (κ2) is 2.75. The molecule has 3 rings (SSSR count).